The number of nitrogens with zero attached hydrogens (tertiary/aromatic N) is 7. The summed E-state index contributed by atoms with van der Waals surface area (Å²) in [5.41, 5.74) is 4.46. The number of hydrogen-bond acceptors (Lipinski definition) is 8. The van der Waals surface area contributed by atoms with E-state index in [9.17, 15) is 4.39 Å². The number of alkyl halides is 1. The van der Waals surface area contributed by atoms with Gasteiger partial charge in [0, 0.05) is 73.5 Å². The Morgan fingerprint density at radius 3 is 2.67 bits per heavy atom. The van der Waals surface area contributed by atoms with E-state index in [1.54, 1.807) is 10.7 Å². The predicted octanol–water partition coefficient (Wildman–Crippen LogP) is 4.47. The Hall–Kier alpha value is -4.51. The summed E-state index contributed by atoms with van der Waals surface area (Å²) in [4.78, 5) is 21.8. The van der Waals surface area contributed by atoms with Crippen molar-refractivity contribution in [1.29, 1.82) is 0 Å². The average molecular weight is 541 g/mol. The zero-order valence-electron chi connectivity index (χ0n) is 22.9. The molecule has 5 aromatic heterocycles. The summed E-state index contributed by atoms with van der Waals surface area (Å²) in [7, 11) is 2.14. The van der Waals surface area contributed by atoms with Crippen LogP contribution in [0.1, 0.15) is 19.4 Å². The quantitative estimate of drug-likeness (QED) is 0.265. The fourth-order valence-corrected chi connectivity index (χ4v) is 4.81. The van der Waals surface area contributed by atoms with E-state index < -0.39 is 5.67 Å². The van der Waals surface area contributed by atoms with Crippen LogP contribution in [0, 0.1) is 0 Å². The van der Waals surface area contributed by atoms with Crippen molar-refractivity contribution in [3.05, 3.63) is 67.4 Å². The maximum atomic E-state index is 14.0. The van der Waals surface area contributed by atoms with Gasteiger partial charge in [0.15, 0.2) is 0 Å². The lowest BCUT2D eigenvalue weighted by molar-refractivity contribution is 0.219. The van der Waals surface area contributed by atoms with Gasteiger partial charge in [-0.25, -0.2) is 18.9 Å². The SMILES string of the molecule is C=C(NCC(C)(C)F)c1cnn2ccc(-c3c[nH]c4nc(Nc5ccc(N6CCN(C)CC6)nc5)ncc34)cc12. The minimum absolute atomic E-state index is 0.162. The van der Waals surface area contributed by atoms with Crippen LogP contribution in [-0.2, 0) is 0 Å². The van der Waals surface area contributed by atoms with E-state index in [1.807, 2.05) is 49.1 Å². The maximum Gasteiger partial charge on any atom is 0.229 e. The Balaban J connectivity index is 1.20. The van der Waals surface area contributed by atoms with E-state index in [1.165, 1.54) is 13.8 Å². The molecule has 1 aliphatic rings. The molecule has 0 unspecified atom stereocenters. The first-order chi connectivity index (χ1) is 19.2. The lowest BCUT2D eigenvalue weighted by Gasteiger charge is -2.33. The summed E-state index contributed by atoms with van der Waals surface area (Å²) < 4.78 is 15.8. The van der Waals surface area contributed by atoms with Gasteiger partial charge in [0.1, 0.15) is 17.1 Å². The summed E-state index contributed by atoms with van der Waals surface area (Å²) in [5, 5.41) is 11.7. The third-order valence-corrected chi connectivity index (χ3v) is 7.14. The van der Waals surface area contributed by atoms with Crippen molar-refractivity contribution in [2.45, 2.75) is 19.5 Å². The van der Waals surface area contributed by atoms with E-state index in [0.717, 1.165) is 70.9 Å². The van der Waals surface area contributed by atoms with Gasteiger partial charge in [0.25, 0.3) is 0 Å². The largest absolute Gasteiger partial charge is 0.382 e. The third kappa shape index (κ3) is 5.32. The van der Waals surface area contributed by atoms with Crippen LogP contribution in [0.25, 0.3) is 33.4 Å². The van der Waals surface area contributed by atoms with Crippen molar-refractivity contribution in [3.63, 3.8) is 0 Å². The van der Waals surface area contributed by atoms with Gasteiger partial charge in [-0.05, 0) is 50.7 Å². The van der Waals surface area contributed by atoms with Crippen molar-refractivity contribution < 1.29 is 4.39 Å². The molecule has 0 amide bonds. The summed E-state index contributed by atoms with van der Waals surface area (Å²) in [5.74, 6) is 1.47. The molecule has 1 fully saturated rings. The van der Waals surface area contributed by atoms with E-state index in [4.69, 9.17) is 0 Å². The van der Waals surface area contributed by atoms with E-state index in [-0.39, 0.29) is 6.54 Å². The molecule has 0 bridgehead atoms. The molecule has 5 aromatic rings. The number of aromatic amines is 1. The standard InChI is InChI=1S/C29H33FN10/c1-19(34-18-29(2,3)30)22-17-35-40-8-7-20(13-25(22)40)23-15-32-27-24(23)16-33-28(37-27)36-21-5-6-26(31-14-21)39-11-9-38(4)10-12-39/h5-8,13-17,34H,1,9-12,18H2,2-4H3,(H2,32,33,36,37). The van der Waals surface area contributed by atoms with E-state index in [0.29, 0.717) is 11.6 Å². The number of pyridine rings is 2. The number of anilines is 3. The summed E-state index contributed by atoms with van der Waals surface area (Å²) in [6.45, 7) is 11.3. The van der Waals surface area contributed by atoms with Crippen LogP contribution in [-0.4, -0.2) is 79.9 Å². The number of hydrogen-bond donors (Lipinski definition) is 3. The van der Waals surface area contributed by atoms with Crippen LogP contribution in [0.3, 0.4) is 0 Å². The summed E-state index contributed by atoms with van der Waals surface area (Å²) >= 11 is 0. The number of rotatable bonds is 8. The van der Waals surface area contributed by atoms with E-state index in [2.05, 4.69) is 59.1 Å². The average Bonchev–Trinajstić information content (AvgIpc) is 3.56. The van der Waals surface area contributed by atoms with Crippen LogP contribution < -0.4 is 15.5 Å². The monoisotopic (exact) mass is 540 g/mol. The number of likely N-dealkylation sites (N-methyl/N-ethyl adjacent to an activating group) is 1. The Bertz CT molecular complexity index is 1660. The Kier molecular flexibility index (Phi) is 6.59. The molecule has 6 rings (SSSR count). The third-order valence-electron chi connectivity index (χ3n) is 7.14. The molecule has 206 valence electrons. The molecule has 10 nitrogen and oxygen atoms in total. The molecule has 11 heteroatoms. The van der Waals surface area contributed by atoms with Gasteiger partial charge in [0.05, 0.1) is 23.6 Å². The molecule has 0 spiro atoms. The normalized spacial score (nSPS) is 14.7. The fourth-order valence-electron chi connectivity index (χ4n) is 4.81. The lowest BCUT2D eigenvalue weighted by Crippen LogP contribution is -2.44. The van der Waals surface area contributed by atoms with Crippen molar-refractivity contribution in [2.24, 2.45) is 0 Å². The molecule has 0 atom stereocenters. The Morgan fingerprint density at radius 2 is 1.93 bits per heavy atom. The highest BCUT2D eigenvalue weighted by Gasteiger charge is 2.18. The van der Waals surface area contributed by atoms with E-state index >= 15 is 0 Å². The topological polar surface area (TPSA) is 102 Å². The first kappa shape index (κ1) is 25.8. The van der Waals surface area contributed by atoms with Gasteiger partial charge in [-0.1, -0.05) is 6.58 Å². The Labute approximate surface area is 232 Å². The molecule has 0 aliphatic carbocycles. The number of nitrogens with one attached hydrogen (secondary N) is 3. The zero-order valence-corrected chi connectivity index (χ0v) is 22.9. The molecule has 0 radical (unpaired) electrons. The van der Waals surface area contributed by atoms with Crippen LogP contribution in [0.4, 0.5) is 21.8 Å². The molecule has 3 N–H and O–H groups in total. The molecule has 6 heterocycles. The smallest absolute Gasteiger partial charge is 0.229 e. The van der Waals surface area contributed by atoms with Gasteiger partial charge in [0.2, 0.25) is 5.95 Å². The maximum absolute atomic E-state index is 14.0. The highest BCUT2D eigenvalue weighted by molar-refractivity contribution is 5.94. The molecule has 1 saturated heterocycles. The molecular formula is C29H33FN10. The number of piperazine rings is 1. The first-order valence-electron chi connectivity index (χ1n) is 13.3. The van der Waals surface area contributed by atoms with Crippen LogP contribution in [0.15, 0.2) is 61.8 Å². The fraction of sp³-hybridized carbons (Fsp3) is 0.310. The number of fused-ring (bicyclic) bond motifs is 2. The van der Waals surface area contributed by atoms with Crippen molar-refractivity contribution in [2.75, 3.05) is 50.0 Å². The molecule has 1 aliphatic heterocycles. The molecular weight excluding hydrogens is 507 g/mol. The van der Waals surface area contributed by atoms with Gasteiger partial charge in [-0.3, -0.25) is 0 Å². The molecule has 0 saturated carbocycles. The van der Waals surface area contributed by atoms with Crippen LogP contribution in [0.5, 0.6) is 0 Å². The minimum Gasteiger partial charge on any atom is -0.382 e. The second-order valence-corrected chi connectivity index (χ2v) is 10.8. The zero-order chi connectivity index (χ0) is 27.9. The van der Waals surface area contributed by atoms with Crippen LogP contribution in [0.2, 0.25) is 0 Å². The van der Waals surface area contributed by atoms with Crippen molar-refractivity contribution in [1.82, 2.24) is 39.8 Å². The molecule has 0 aromatic carbocycles. The Morgan fingerprint density at radius 1 is 1.10 bits per heavy atom. The first-order valence-corrected chi connectivity index (χ1v) is 13.3. The van der Waals surface area contributed by atoms with Gasteiger partial charge >= 0.3 is 0 Å². The molecule has 40 heavy (non-hydrogen) atoms. The van der Waals surface area contributed by atoms with Gasteiger partial charge < -0.3 is 25.4 Å². The summed E-state index contributed by atoms with van der Waals surface area (Å²) in [6, 6.07) is 8.07. The second kappa shape index (κ2) is 10.2. The second-order valence-electron chi connectivity index (χ2n) is 10.8. The number of halogens is 1. The predicted molar refractivity (Wildman–Crippen MR) is 158 cm³/mol. The lowest BCUT2D eigenvalue weighted by atomic mass is 10.1. The van der Waals surface area contributed by atoms with Crippen LogP contribution >= 0.6 is 0 Å². The van der Waals surface area contributed by atoms with Gasteiger partial charge in [-0.2, -0.15) is 10.1 Å². The van der Waals surface area contributed by atoms with Gasteiger partial charge in [-0.15, -0.1) is 0 Å². The number of aromatic nitrogens is 6. The summed E-state index contributed by atoms with van der Waals surface area (Å²) in [6.07, 6.45) is 9.19. The highest BCUT2D eigenvalue weighted by Crippen LogP contribution is 2.30. The highest BCUT2D eigenvalue weighted by atomic mass is 19.1. The minimum atomic E-state index is -1.35. The van der Waals surface area contributed by atoms with Crippen molar-refractivity contribution >= 4 is 39.7 Å². The van der Waals surface area contributed by atoms with Crippen molar-refractivity contribution in [3.8, 4) is 11.1 Å². The number of H-pyrrole nitrogens is 1.